The molecular formula is C14H20FN3O2. The Bertz CT molecular complexity index is 493. The number of nitro groups is 1. The van der Waals surface area contributed by atoms with E-state index in [-0.39, 0.29) is 11.7 Å². The molecule has 1 heterocycles. The Labute approximate surface area is 117 Å². The number of rotatable bonds is 4. The molecule has 0 saturated carbocycles. The average molecular weight is 281 g/mol. The average Bonchev–Trinajstić information content (AvgIpc) is 2.38. The van der Waals surface area contributed by atoms with E-state index in [0.29, 0.717) is 18.0 Å². The maximum absolute atomic E-state index is 13.3. The lowest BCUT2D eigenvalue weighted by molar-refractivity contribution is -0.385. The van der Waals surface area contributed by atoms with E-state index in [1.807, 2.05) is 6.92 Å². The molecule has 0 aromatic heterocycles. The Morgan fingerprint density at radius 2 is 2.35 bits per heavy atom. The van der Waals surface area contributed by atoms with Crippen molar-refractivity contribution in [3.63, 3.8) is 0 Å². The van der Waals surface area contributed by atoms with Crippen LogP contribution in [0.5, 0.6) is 0 Å². The highest BCUT2D eigenvalue weighted by Crippen LogP contribution is 2.25. The first-order valence-electron chi connectivity index (χ1n) is 6.88. The van der Waals surface area contributed by atoms with Gasteiger partial charge in [-0.05, 0) is 44.4 Å². The number of nitrogens with two attached hydrogens (primary N) is 1. The second kappa shape index (κ2) is 6.28. The van der Waals surface area contributed by atoms with Gasteiger partial charge in [-0.3, -0.25) is 15.0 Å². The summed E-state index contributed by atoms with van der Waals surface area (Å²) >= 11 is 0. The van der Waals surface area contributed by atoms with Gasteiger partial charge in [0.1, 0.15) is 5.82 Å². The summed E-state index contributed by atoms with van der Waals surface area (Å²) in [5, 5.41) is 11.0. The van der Waals surface area contributed by atoms with Crippen molar-refractivity contribution in [2.24, 2.45) is 11.7 Å². The van der Waals surface area contributed by atoms with Gasteiger partial charge in [-0.1, -0.05) is 0 Å². The van der Waals surface area contributed by atoms with Crippen LogP contribution in [-0.4, -0.2) is 29.0 Å². The lowest BCUT2D eigenvalue weighted by atomic mass is 9.92. The third kappa shape index (κ3) is 3.52. The van der Waals surface area contributed by atoms with Gasteiger partial charge in [0.15, 0.2) is 0 Å². The minimum Gasteiger partial charge on any atom is -0.328 e. The molecule has 1 aromatic rings. The van der Waals surface area contributed by atoms with E-state index in [4.69, 9.17) is 5.73 Å². The minimum atomic E-state index is -0.457. The van der Waals surface area contributed by atoms with E-state index in [1.54, 1.807) is 0 Å². The zero-order valence-corrected chi connectivity index (χ0v) is 11.6. The molecule has 1 aliphatic heterocycles. The molecule has 0 bridgehead atoms. The Balaban J connectivity index is 2.13. The quantitative estimate of drug-likeness (QED) is 0.679. The van der Waals surface area contributed by atoms with E-state index in [0.717, 1.165) is 32.0 Å². The molecule has 0 aliphatic carbocycles. The molecule has 20 heavy (non-hydrogen) atoms. The van der Waals surface area contributed by atoms with Crippen molar-refractivity contribution in [2.45, 2.75) is 32.4 Å². The van der Waals surface area contributed by atoms with Crippen LogP contribution in [0.4, 0.5) is 10.1 Å². The number of nitrogens with zero attached hydrogens (tertiary/aromatic N) is 2. The molecule has 2 rings (SSSR count). The fraction of sp³-hybridized carbons (Fsp3) is 0.571. The standard InChI is InChI=1S/C14H20FN3O2/c1-10(16)11-3-2-6-17(8-11)9-12-7-13(15)4-5-14(12)18(19)20/h4-5,7,10-11H,2-3,6,8-9,16H2,1H3. The number of nitro benzene ring substituents is 1. The molecule has 1 fully saturated rings. The predicted molar refractivity (Wildman–Crippen MR) is 74.7 cm³/mol. The molecule has 2 N–H and O–H groups in total. The lowest BCUT2D eigenvalue weighted by Crippen LogP contribution is -2.42. The molecule has 2 unspecified atom stereocenters. The number of benzene rings is 1. The topological polar surface area (TPSA) is 72.4 Å². The van der Waals surface area contributed by atoms with Crippen LogP contribution in [0, 0.1) is 21.8 Å². The fourth-order valence-corrected chi connectivity index (χ4v) is 2.76. The van der Waals surface area contributed by atoms with Gasteiger partial charge in [0.25, 0.3) is 5.69 Å². The highest BCUT2D eigenvalue weighted by Gasteiger charge is 2.24. The SMILES string of the molecule is CC(N)C1CCCN(Cc2cc(F)ccc2[N+](=O)[O-])C1. The van der Waals surface area contributed by atoms with Gasteiger partial charge in [-0.25, -0.2) is 4.39 Å². The van der Waals surface area contributed by atoms with Gasteiger partial charge >= 0.3 is 0 Å². The van der Waals surface area contributed by atoms with Gasteiger partial charge in [0.2, 0.25) is 0 Å². The molecule has 0 radical (unpaired) electrons. The van der Waals surface area contributed by atoms with Crippen LogP contribution in [0.25, 0.3) is 0 Å². The normalized spacial score (nSPS) is 21.6. The molecule has 1 aromatic carbocycles. The Kier molecular flexibility index (Phi) is 4.67. The van der Waals surface area contributed by atoms with Gasteiger partial charge in [0, 0.05) is 30.8 Å². The summed E-state index contributed by atoms with van der Waals surface area (Å²) in [6.07, 6.45) is 2.11. The van der Waals surface area contributed by atoms with Crippen molar-refractivity contribution in [1.82, 2.24) is 4.90 Å². The third-order valence-electron chi connectivity index (χ3n) is 3.92. The molecule has 1 saturated heterocycles. The lowest BCUT2D eigenvalue weighted by Gasteiger charge is -2.34. The van der Waals surface area contributed by atoms with Crippen molar-refractivity contribution >= 4 is 5.69 Å². The zero-order chi connectivity index (χ0) is 14.7. The zero-order valence-electron chi connectivity index (χ0n) is 11.6. The summed E-state index contributed by atoms with van der Waals surface area (Å²) < 4.78 is 13.3. The number of hydrogen-bond acceptors (Lipinski definition) is 4. The smallest absolute Gasteiger partial charge is 0.274 e. The monoisotopic (exact) mass is 281 g/mol. The van der Waals surface area contributed by atoms with Gasteiger partial charge in [-0.2, -0.15) is 0 Å². The van der Waals surface area contributed by atoms with Crippen molar-refractivity contribution < 1.29 is 9.31 Å². The molecule has 1 aliphatic rings. The van der Waals surface area contributed by atoms with Gasteiger partial charge < -0.3 is 5.73 Å². The van der Waals surface area contributed by atoms with Crippen LogP contribution < -0.4 is 5.73 Å². The summed E-state index contributed by atoms with van der Waals surface area (Å²) in [5.74, 6) is -0.0392. The van der Waals surface area contributed by atoms with Crippen molar-refractivity contribution in [3.8, 4) is 0 Å². The summed E-state index contributed by atoms with van der Waals surface area (Å²) in [6.45, 7) is 4.07. The molecule has 110 valence electrons. The van der Waals surface area contributed by atoms with Crippen LogP contribution in [0.3, 0.4) is 0 Å². The number of hydrogen-bond donors (Lipinski definition) is 1. The first-order valence-corrected chi connectivity index (χ1v) is 6.88. The summed E-state index contributed by atoms with van der Waals surface area (Å²) in [4.78, 5) is 12.7. The second-order valence-corrected chi connectivity index (χ2v) is 5.53. The van der Waals surface area contributed by atoms with Crippen LogP contribution >= 0.6 is 0 Å². The van der Waals surface area contributed by atoms with E-state index < -0.39 is 10.7 Å². The third-order valence-corrected chi connectivity index (χ3v) is 3.92. The van der Waals surface area contributed by atoms with Gasteiger partial charge in [-0.15, -0.1) is 0 Å². The van der Waals surface area contributed by atoms with E-state index >= 15 is 0 Å². The van der Waals surface area contributed by atoms with Crippen molar-refractivity contribution in [3.05, 3.63) is 39.7 Å². The van der Waals surface area contributed by atoms with E-state index in [9.17, 15) is 14.5 Å². The largest absolute Gasteiger partial charge is 0.328 e. The first-order chi connectivity index (χ1) is 9.47. The van der Waals surface area contributed by atoms with Gasteiger partial charge in [0.05, 0.1) is 4.92 Å². The highest BCUT2D eigenvalue weighted by molar-refractivity contribution is 5.40. The van der Waals surface area contributed by atoms with E-state index in [2.05, 4.69) is 4.90 Å². The fourth-order valence-electron chi connectivity index (χ4n) is 2.76. The van der Waals surface area contributed by atoms with Crippen LogP contribution in [-0.2, 0) is 6.54 Å². The highest BCUT2D eigenvalue weighted by atomic mass is 19.1. The summed E-state index contributed by atoms with van der Waals surface area (Å²) in [7, 11) is 0. The Morgan fingerprint density at radius 1 is 1.60 bits per heavy atom. The summed E-state index contributed by atoms with van der Waals surface area (Å²) in [6, 6.07) is 3.73. The van der Waals surface area contributed by atoms with Crippen molar-refractivity contribution in [2.75, 3.05) is 13.1 Å². The molecule has 6 heteroatoms. The maximum atomic E-state index is 13.3. The predicted octanol–water partition coefficient (Wildman–Crippen LogP) is 2.29. The molecule has 0 amide bonds. The number of likely N-dealkylation sites (tertiary alicyclic amines) is 1. The number of piperidine rings is 1. The number of halogens is 1. The van der Waals surface area contributed by atoms with E-state index in [1.165, 1.54) is 12.1 Å². The Morgan fingerprint density at radius 3 is 3.00 bits per heavy atom. The molecule has 2 atom stereocenters. The first kappa shape index (κ1) is 14.9. The maximum Gasteiger partial charge on any atom is 0.274 e. The second-order valence-electron chi connectivity index (χ2n) is 5.53. The van der Waals surface area contributed by atoms with Crippen LogP contribution in [0.15, 0.2) is 18.2 Å². The summed E-state index contributed by atoms with van der Waals surface area (Å²) in [5.41, 5.74) is 6.34. The molecule has 5 nitrogen and oxygen atoms in total. The molecular weight excluding hydrogens is 261 g/mol. The van der Waals surface area contributed by atoms with Crippen LogP contribution in [0.1, 0.15) is 25.3 Å². The van der Waals surface area contributed by atoms with Crippen LogP contribution in [0.2, 0.25) is 0 Å². The molecule has 0 spiro atoms. The Hall–Kier alpha value is -1.53. The minimum absolute atomic E-state index is 0.0191. The van der Waals surface area contributed by atoms with Crippen molar-refractivity contribution in [1.29, 1.82) is 0 Å².